The van der Waals surface area contributed by atoms with Gasteiger partial charge in [0.05, 0.1) is 31.1 Å². The van der Waals surface area contributed by atoms with Crippen molar-refractivity contribution in [3.05, 3.63) is 44.7 Å². The van der Waals surface area contributed by atoms with Crippen LogP contribution in [0.4, 0.5) is 5.69 Å². The van der Waals surface area contributed by atoms with Gasteiger partial charge in [-0.3, -0.25) is 4.79 Å². The van der Waals surface area contributed by atoms with Crippen molar-refractivity contribution in [3.8, 4) is 0 Å². The van der Waals surface area contributed by atoms with Crippen molar-refractivity contribution in [1.82, 2.24) is 9.78 Å². The third-order valence-corrected chi connectivity index (χ3v) is 3.58. The fourth-order valence-electron chi connectivity index (χ4n) is 2.21. The van der Waals surface area contributed by atoms with Gasteiger partial charge in [0.25, 0.3) is 5.56 Å². The van der Waals surface area contributed by atoms with Gasteiger partial charge in [0.1, 0.15) is 16.5 Å². The Kier molecular flexibility index (Phi) is 4.69. The van der Waals surface area contributed by atoms with Gasteiger partial charge in [-0.1, -0.05) is 11.6 Å². The van der Waals surface area contributed by atoms with E-state index in [1.54, 1.807) is 0 Å². The molecule has 0 radical (unpaired) electrons. The molecule has 2 N–H and O–H groups in total. The minimum absolute atomic E-state index is 0.0585. The summed E-state index contributed by atoms with van der Waals surface area (Å²) in [5.74, 6) is 1.66. The van der Waals surface area contributed by atoms with E-state index in [1.807, 2.05) is 26.8 Å². The van der Waals surface area contributed by atoms with Crippen LogP contribution in [0, 0.1) is 13.8 Å². The lowest BCUT2D eigenvalue weighted by molar-refractivity contribution is 0.266. The molecule has 0 amide bonds. The van der Waals surface area contributed by atoms with Crippen LogP contribution in [0.2, 0.25) is 5.02 Å². The zero-order valence-corrected chi connectivity index (χ0v) is 12.9. The topological polar surface area (TPSA) is 80.3 Å². The summed E-state index contributed by atoms with van der Waals surface area (Å²) < 4.78 is 6.63. The Balaban J connectivity index is 2.26. The third kappa shape index (κ3) is 3.28. The van der Waals surface area contributed by atoms with E-state index < -0.39 is 5.56 Å². The summed E-state index contributed by atoms with van der Waals surface area (Å²) in [6.07, 6.45) is 1.48. The van der Waals surface area contributed by atoms with Crippen molar-refractivity contribution < 1.29 is 9.52 Å². The molecule has 1 unspecified atom stereocenters. The number of rotatable bonds is 5. The Morgan fingerprint density at radius 3 is 2.81 bits per heavy atom. The van der Waals surface area contributed by atoms with Crippen LogP contribution in [0.25, 0.3) is 0 Å². The Labute approximate surface area is 127 Å². The number of hydrogen-bond donors (Lipinski definition) is 2. The summed E-state index contributed by atoms with van der Waals surface area (Å²) in [7, 11) is 0. The number of aliphatic hydroxyl groups is 1. The molecule has 2 aromatic rings. The standard InChI is InChI=1S/C14H18ClN3O3/c1-8-6-11(10(3)21-8)9(2)17-12-7-16-18(4-5-19)14(20)13(12)15/h6-7,9,17,19H,4-5H2,1-3H3. The second-order valence-corrected chi connectivity index (χ2v) is 5.24. The minimum atomic E-state index is -0.428. The fourth-order valence-corrected chi connectivity index (χ4v) is 2.41. The summed E-state index contributed by atoms with van der Waals surface area (Å²) in [5.41, 5.74) is 1.03. The Hall–Kier alpha value is -1.79. The van der Waals surface area contributed by atoms with Gasteiger partial charge in [-0.25, -0.2) is 4.68 Å². The van der Waals surface area contributed by atoms with Gasteiger partial charge in [0, 0.05) is 5.56 Å². The number of anilines is 1. The van der Waals surface area contributed by atoms with Crippen LogP contribution < -0.4 is 10.9 Å². The van der Waals surface area contributed by atoms with Crippen LogP contribution in [0.1, 0.15) is 30.0 Å². The molecule has 0 aliphatic rings. The van der Waals surface area contributed by atoms with Gasteiger partial charge in [0.15, 0.2) is 0 Å². The number of hydrogen-bond acceptors (Lipinski definition) is 5. The second kappa shape index (κ2) is 6.32. The lowest BCUT2D eigenvalue weighted by atomic mass is 10.1. The maximum atomic E-state index is 12.0. The highest BCUT2D eigenvalue weighted by molar-refractivity contribution is 6.32. The average molecular weight is 312 g/mol. The Morgan fingerprint density at radius 2 is 2.24 bits per heavy atom. The number of nitrogens with one attached hydrogen (secondary N) is 1. The molecule has 0 bridgehead atoms. The van der Waals surface area contributed by atoms with E-state index in [0.29, 0.717) is 5.69 Å². The first-order chi connectivity index (χ1) is 9.93. The second-order valence-electron chi connectivity index (χ2n) is 4.86. The van der Waals surface area contributed by atoms with E-state index in [0.717, 1.165) is 21.8 Å². The fraction of sp³-hybridized carbons (Fsp3) is 0.429. The summed E-state index contributed by atoms with van der Waals surface area (Å²) in [4.78, 5) is 12.0. The lowest BCUT2D eigenvalue weighted by Gasteiger charge is -2.16. The van der Waals surface area contributed by atoms with Crippen molar-refractivity contribution in [1.29, 1.82) is 0 Å². The molecule has 7 heteroatoms. The maximum absolute atomic E-state index is 12.0. The molecule has 0 saturated carbocycles. The van der Waals surface area contributed by atoms with Crippen molar-refractivity contribution >= 4 is 17.3 Å². The zero-order valence-electron chi connectivity index (χ0n) is 12.2. The number of aromatic nitrogens is 2. The molecule has 2 rings (SSSR count). The summed E-state index contributed by atoms with van der Waals surface area (Å²) >= 11 is 6.07. The molecule has 0 fully saturated rings. The number of nitrogens with zero attached hydrogens (tertiary/aromatic N) is 2. The van der Waals surface area contributed by atoms with Crippen molar-refractivity contribution in [3.63, 3.8) is 0 Å². The highest BCUT2D eigenvalue weighted by Crippen LogP contribution is 2.26. The molecule has 2 aromatic heterocycles. The Morgan fingerprint density at radius 1 is 1.52 bits per heavy atom. The van der Waals surface area contributed by atoms with Crippen LogP contribution in [0.3, 0.4) is 0 Å². The van der Waals surface area contributed by atoms with Crippen LogP contribution in [0.15, 0.2) is 21.5 Å². The molecule has 21 heavy (non-hydrogen) atoms. The number of aliphatic hydroxyl groups excluding tert-OH is 1. The largest absolute Gasteiger partial charge is 0.466 e. The molecule has 2 heterocycles. The maximum Gasteiger partial charge on any atom is 0.287 e. The van der Waals surface area contributed by atoms with Gasteiger partial charge >= 0.3 is 0 Å². The third-order valence-electron chi connectivity index (χ3n) is 3.21. The first-order valence-electron chi connectivity index (χ1n) is 6.64. The number of furan rings is 1. The molecule has 114 valence electrons. The first kappa shape index (κ1) is 15.6. The number of halogens is 1. The van der Waals surface area contributed by atoms with Gasteiger partial charge in [-0.2, -0.15) is 5.10 Å². The molecule has 6 nitrogen and oxygen atoms in total. The molecular formula is C14H18ClN3O3. The van der Waals surface area contributed by atoms with Gasteiger partial charge in [-0.05, 0) is 26.8 Å². The molecule has 0 spiro atoms. The molecule has 0 aromatic carbocycles. The smallest absolute Gasteiger partial charge is 0.287 e. The highest BCUT2D eigenvalue weighted by Gasteiger charge is 2.16. The first-order valence-corrected chi connectivity index (χ1v) is 7.01. The van der Waals surface area contributed by atoms with E-state index in [2.05, 4.69) is 10.4 Å². The summed E-state index contributed by atoms with van der Waals surface area (Å²) in [6.45, 7) is 5.68. The van der Waals surface area contributed by atoms with Crippen LogP contribution >= 0.6 is 11.6 Å². The van der Waals surface area contributed by atoms with E-state index in [4.69, 9.17) is 21.1 Å². The minimum Gasteiger partial charge on any atom is -0.466 e. The normalized spacial score (nSPS) is 12.4. The van der Waals surface area contributed by atoms with E-state index in [-0.39, 0.29) is 24.2 Å². The zero-order chi connectivity index (χ0) is 15.6. The quantitative estimate of drug-likeness (QED) is 0.885. The van der Waals surface area contributed by atoms with Gasteiger partial charge in [0.2, 0.25) is 0 Å². The molecule has 1 atom stereocenters. The van der Waals surface area contributed by atoms with Gasteiger partial charge < -0.3 is 14.8 Å². The molecule has 0 aliphatic carbocycles. The summed E-state index contributed by atoms with van der Waals surface area (Å²) in [6, 6.07) is 1.87. The highest BCUT2D eigenvalue weighted by atomic mass is 35.5. The van der Waals surface area contributed by atoms with E-state index in [1.165, 1.54) is 6.20 Å². The number of aryl methyl sites for hydroxylation is 2. The van der Waals surface area contributed by atoms with Crippen molar-refractivity contribution in [2.75, 3.05) is 11.9 Å². The summed E-state index contributed by atoms with van der Waals surface area (Å²) in [5, 5.41) is 16.1. The van der Waals surface area contributed by atoms with Crippen LogP contribution in [0.5, 0.6) is 0 Å². The molecule has 0 aliphatic heterocycles. The predicted molar refractivity (Wildman–Crippen MR) is 80.8 cm³/mol. The Bertz CT molecular complexity index is 693. The monoisotopic (exact) mass is 311 g/mol. The van der Waals surface area contributed by atoms with Crippen molar-refractivity contribution in [2.24, 2.45) is 0 Å². The average Bonchev–Trinajstić information content (AvgIpc) is 2.77. The lowest BCUT2D eigenvalue weighted by Crippen LogP contribution is -2.26. The van der Waals surface area contributed by atoms with Crippen LogP contribution in [-0.2, 0) is 6.54 Å². The van der Waals surface area contributed by atoms with Crippen LogP contribution in [-0.4, -0.2) is 21.5 Å². The molecular weight excluding hydrogens is 294 g/mol. The van der Waals surface area contributed by atoms with Gasteiger partial charge in [-0.15, -0.1) is 0 Å². The van der Waals surface area contributed by atoms with E-state index >= 15 is 0 Å². The van der Waals surface area contributed by atoms with Crippen molar-refractivity contribution in [2.45, 2.75) is 33.4 Å². The predicted octanol–water partition coefficient (Wildman–Crippen LogP) is 2.27. The van der Waals surface area contributed by atoms with E-state index in [9.17, 15) is 4.79 Å². The SMILES string of the molecule is Cc1cc(C(C)Nc2cnn(CCO)c(=O)c2Cl)c(C)o1. The molecule has 0 saturated heterocycles.